The van der Waals surface area contributed by atoms with Gasteiger partial charge in [-0.15, -0.1) is 0 Å². The van der Waals surface area contributed by atoms with Crippen molar-refractivity contribution in [2.24, 2.45) is 46.3 Å². The van der Waals surface area contributed by atoms with Gasteiger partial charge in [0.15, 0.2) is 6.29 Å². The molecule has 5 aliphatic rings. The highest BCUT2D eigenvalue weighted by molar-refractivity contribution is 5.67. The second kappa shape index (κ2) is 16.0. The number of aliphatic hydroxyl groups is 2. The Hall–Kier alpha value is -1.15. The molecule has 5 rings (SSSR count). The third-order valence-corrected chi connectivity index (χ3v) is 13.5. The van der Waals surface area contributed by atoms with Gasteiger partial charge in [0, 0.05) is 26.0 Å². The van der Waals surface area contributed by atoms with Crippen LogP contribution in [0.5, 0.6) is 0 Å². The molecule has 0 bridgehead atoms. The van der Waals surface area contributed by atoms with Gasteiger partial charge in [-0.1, -0.05) is 78.4 Å². The zero-order valence-electron chi connectivity index (χ0n) is 29.8. The lowest BCUT2D eigenvalue weighted by atomic mass is 9.47. The summed E-state index contributed by atoms with van der Waals surface area (Å²) in [4.78, 5) is 12.7. The maximum Gasteiger partial charge on any atom is 0.407 e. The van der Waals surface area contributed by atoms with Crippen molar-refractivity contribution in [2.75, 3.05) is 19.8 Å². The Morgan fingerprint density at radius 2 is 1.83 bits per heavy atom. The number of allylic oxidation sites excluding steroid dienone is 1. The number of carbonyl (C=O) groups excluding carboxylic acids is 1. The molecule has 1 saturated heterocycles. The molecule has 3 N–H and O–H groups in total. The molecule has 264 valence electrons. The number of amides is 1. The van der Waals surface area contributed by atoms with E-state index >= 15 is 0 Å². The third-order valence-electron chi connectivity index (χ3n) is 13.5. The summed E-state index contributed by atoms with van der Waals surface area (Å²) in [5, 5.41) is 21.9. The van der Waals surface area contributed by atoms with Crippen LogP contribution in [0.3, 0.4) is 0 Å². The number of hydrogen-bond acceptors (Lipinski definition) is 6. The molecule has 1 aliphatic heterocycles. The van der Waals surface area contributed by atoms with Crippen LogP contribution in [0.25, 0.3) is 0 Å². The monoisotopic (exact) mass is 645 g/mol. The second-order valence-corrected chi connectivity index (χ2v) is 16.9. The molecule has 46 heavy (non-hydrogen) atoms. The molecule has 11 atom stereocenters. The van der Waals surface area contributed by atoms with Crippen molar-refractivity contribution in [3.05, 3.63) is 11.6 Å². The standard InChI is InChI=1S/C39H67NO6/c1-26(2)11-10-12-27(3)31-15-16-32-30-14-13-28-23-29(17-19-38(28,4)33(30)18-20-39(31,32)5)45-37(43)40-21-8-6-7-9-22-44-36-24-34(42)35(25-41)46-36/h13,26-27,29-36,41-42H,6-12,14-25H2,1-5H3,(H,40,43)/t27-,29-,30?,31-,32+,33+,34?,35+,36?,38-,39+/m0/s1. The van der Waals surface area contributed by atoms with Crippen LogP contribution in [0.15, 0.2) is 11.6 Å². The van der Waals surface area contributed by atoms with Crippen molar-refractivity contribution in [3.63, 3.8) is 0 Å². The van der Waals surface area contributed by atoms with Crippen molar-refractivity contribution < 1.29 is 29.2 Å². The number of aliphatic hydroxyl groups excluding tert-OH is 2. The summed E-state index contributed by atoms with van der Waals surface area (Å²) < 4.78 is 17.1. The van der Waals surface area contributed by atoms with Gasteiger partial charge >= 0.3 is 6.09 Å². The predicted molar refractivity (Wildman–Crippen MR) is 182 cm³/mol. The van der Waals surface area contributed by atoms with Crippen LogP contribution in [-0.4, -0.2) is 60.7 Å². The lowest BCUT2D eigenvalue weighted by Gasteiger charge is -2.58. The molecule has 7 heteroatoms. The summed E-state index contributed by atoms with van der Waals surface area (Å²) in [6, 6.07) is 0. The molecule has 4 fully saturated rings. The number of unbranched alkanes of at least 4 members (excludes halogenated alkanes) is 3. The molecule has 0 radical (unpaired) electrons. The van der Waals surface area contributed by atoms with Crippen molar-refractivity contribution in [2.45, 2.75) is 162 Å². The summed E-state index contributed by atoms with van der Waals surface area (Å²) in [6.07, 6.45) is 19.0. The van der Waals surface area contributed by atoms with E-state index in [-0.39, 0.29) is 24.2 Å². The van der Waals surface area contributed by atoms with E-state index in [9.17, 15) is 9.90 Å². The molecule has 0 aromatic heterocycles. The minimum Gasteiger partial charge on any atom is -0.446 e. The van der Waals surface area contributed by atoms with E-state index in [1.54, 1.807) is 5.57 Å². The minimum absolute atomic E-state index is 0.00816. The second-order valence-electron chi connectivity index (χ2n) is 16.9. The SMILES string of the molecule is CC(C)CCC[C@H](C)[C@@H]1CC[C@@H]2C3CC=C4C[C@@H](OC(=O)NCCCCCCOC5CC(O)[C@@H](CO)O5)CC[C@]4(C)[C@@H]3CC[C@@]21C. The third kappa shape index (κ3) is 8.17. The van der Waals surface area contributed by atoms with Gasteiger partial charge in [0.1, 0.15) is 12.2 Å². The smallest absolute Gasteiger partial charge is 0.407 e. The largest absolute Gasteiger partial charge is 0.446 e. The summed E-state index contributed by atoms with van der Waals surface area (Å²) in [7, 11) is 0. The van der Waals surface area contributed by atoms with Gasteiger partial charge < -0.3 is 29.7 Å². The number of ether oxygens (including phenoxy) is 3. The van der Waals surface area contributed by atoms with Crippen LogP contribution >= 0.6 is 0 Å². The number of alkyl carbamates (subject to hydrolysis) is 1. The molecule has 3 unspecified atom stereocenters. The van der Waals surface area contributed by atoms with Gasteiger partial charge in [0.2, 0.25) is 0 Å². The van der Waals surface area contributed by atoms with Crippen LogP contribution in [0, 0.1) is 46.3 Å². The maximum absolute atomic E-state index is 12.7. The van der Waals surface area contributed by atoms with Gasteiger partial charge in [0.25, 0.3) is 0 Å². The van der Waals surface area contributed by atoms with Crippen LogP contribution in [0.4, 0.5) is 4.79 Å². The highest BCUT2D eigenvalue weighted by atomic mass is 16.7. The molecule has 3 saturated carbocycles. The Morgan fingerprint density at radius 3 is 2.59 bits per heavy atom. The van der Waals surface area contributed by atoms with Crippen LogP contribution in [0.1, 0.15) is 137 Å². The molecule has 0 aromatic carbocycles. The van der Waals surface area contributed by atoms with E-state index < -0.39 is 18.5 Å². The van der Waals surface area contributed by atoms with Gasteiger partial charge in [-0.25, -0.2) is 4.79 Å². The topological polar surface area (TPSA) is 97.3 Å². The molecule has 0 spiro atoms. The zero-order valence-corrected chi connectivity index (χ0v) is 29.8. The molecule has 0 aromatic rings. The Labute approximate surface area is 280 Å². The Balaban J connectivity index is 1.01. The highest BCUT2D eigenvalue weighted by Gasteiger charge is 2.59. The fourth-order valence-electron chi connectivity index (χ4n) is 10.9. The molecule has 1 heterocycles. The summed E-state index contributed by atoms with van der Waals surface area (Å²) in [6.45, 7) is 13.5. The number of nitrogens with one attached hydrogen (secondary N) is 1. The van der Waals surface area contributed by atoms with E-state index in [4.69, 9.17) is 19.3 Å². The number of rotatable bonds is 15. The normalized spacial score (nSPS) is 39.3. The molecule has 7 nitrogen and oxygen atoms in total. The van der Waals surface area contributed by atoms with Crippen molar-refractivity contribution in [1.82, 2.24) is 5.32 Å². The quantitative estimate of drug-likeness (QED) is 0.123. The summed E-state index contributed by atoms with van der Waals surface area (Å²) >= 11 is 0. The predicted octanol–water partition coefficient (Wildman–Crippen LogP) is 8.17. The van der Waals surface area contributed by atoms with E-state index in [1.807, 2.05) is 0 Å². The fourth-order valence-corrected chi connectivity index (χ4v) is 10.9. The highest BCUT2D eigenvalue weighted by Crippen LogP contribution is 2.67. The Bertz CT molecular complexity index is 1020. The zero-order chi connectivity index (χ0) is 32.9. The average molecular weight is 646 g/mol. The number of hydrogen-bond donors (Lipinski definition) is 3. The van der Waals surface area contributed by atoms with E-state index in [0.717, 1.165) is 80.5 Å². The van der Waals surface area contributed by atoms with Crippen molar-refractivity contribution in [1.29, 1.82) is 0 Å². The van der Waals surface area contributed by atoms with Gasteiger partial charge in [-0.3, -0.25) is 0 Å². The van der Waals surface area contributed by atoms with E-state index in [0.29, 0.717) is 25.0 Å². The fraction of sp³-hybridized carbons (Fsp3) is 0.923. The Morgan fingerprint density at radius 1 is 1.02 bits per heavy atom. The van der Waals surface area contributed by atoms with Gasteiger partial charge in [-0.05, 0) is 104 Å². The molecule has 4 aliphatic carbocycles. The van der Waals surface area contributed by atoms with Gasteiger partial charge in [-0.2, -0.15) is 0 Å². The van der Waals surface area contributed by atoms with E-state index in [2.05, 4.69) is 46.0 Å². The number of carbonyl (C=O) groups is 1. The first-order valence-electron chi connectivity index (χ1n) is 19.2. The Kier molecular flexibility index (Phi) is 12.6. The maximum atomic E-state index is 12.7. The van der Waals surface area contributed by atoms with Crippen molar-refractivity contribution >= 4 is 6.09 Å². The number of fused-ring (bicyclic) bond motifs is 5. The lowest BCUT2D eigenvalue weighted by Crippen LogP contribution is -2.51. The van der Waals surface area contributed by atoms with Crippen molar-refractivity contribution in [3.8, 4) is 0 Å². The first-order chi connectivity index (χ1) is 22.0. The van der Waals surface area contributed by atoms with Crippen LogP contribution in [0.2, 0.25) is 0 Å². The summed E-state index contributed by atoms with van der Waals surface area (Å²) in [5.41, 5.74) is 2.37. The molecular weight excluding hydrogens is 578 g/mol. The molecule has 1 amide bonds. The van der Waals surface area contributed by atoms with Crippen LogP contribution < -0.4 is 5.32 Å². The van der Waals surface area contributed by atoms with E-state index in [1.165, 1.54) is 51.4 Å². The van der Waals surface area contributed by atoms with Crippen LogP contribution in [-0.2, 0) is 14.2 Å². The average Bonchev–Trinajstić information content (AvgIpc) is 3.56. The molecular formula is C39H67NO6. The minimum atomic E-state index is -0.655. The first kappa shape index (κ1) is 36.1. The lowest BCUT2D eigenvalue weighted by molar-refractivity contribution is -0.143. The first-order valence-corrected chi connectivity index (χ1v) is 19.2. The summed E-state index contributed by atoms with van der Waals surface area (Å²) in [5.74, 6) is 5.06. The van der Waals surface area contributed by atoms with Gasteiger partial charge in [0.05, 0.1) is 12.7 Å².